The molecular weight excluding hydrogens is 265 g/mol. The molecule has 0 saturated carbocycles. The Kier molecular flexibility index (Phi) is 3.81. The van der Waals surface area contributed by atoms with Gasteiger partial charge in [-0.2, -0.15) is 0 Å². The number of rotatable bonds is 3. The molecule has 0 heterocycles. The van der Waals surface area contributed by atoms with Crippen molar-refractivity contribution in [2.75, 3.05) is 16.8 Å². The van der Waals surface area contributed by atoms with E-state index in [0.29, 0.717) is 0 Å². The molecule has 3 nitrogen and oxygen atoms in total. The maximum absolute atomic E-state index is 14.1. The number of hydrogen-bond acceptors (Lipinski definition) is 3. The summed E-state index contributed by atoms with van der Waals surface area (Å²) < 4.78 is 14.1. The Hall–Kier alpha value is -1.94. The number of para-hydroxylation sites is 1. The minimum absolute atomic E-state index is 0.120. The molecular formula is C14H15ClFN3. The van der Waals surface area contributed by atoms with Crippen LogP contribution in [0.1, 0.15) is 12.5 Å². The molecule has 0 unspecified atom stereocenters. The molecule has 0 amide bonds. The van der Waals surface area contributed by atoms with E-state index < -0.39 is 5.82 Å². The summed E-state index contributed by atoms with van der Waals surface area (Å²) in [7, 11) is 0. The average molecular weight is 280 g/mol. The third-order valence-electron chi connectivity index (χ3n) is 2.92. The fraction of sp³-hybridized carbons (Fsp3) is 0.143. The Morgan fingerprint density at radius 2 is 1.89 bits per heavy atom. The molecule has 0 atom stereocenters. The Labute approximate surface area is 116 Å². The number of nitrogens with one attached hydrogen (secondary N) is 1. The van der Waals surface area contributed by atoms with E-state index in [2.05, 4.69) is 5.32 Å². The highest BCUT2D eigenvalue weighted by atomic mass is 35.5. The molecule has 5 heteroatoms. The Morgan fingerprint density at radius 1 is 1.21 bits per heavy atom. The van der Waals surface area contributed by atoms with E-state index in [1.807, 2.05) is 31.2 Å². The van der Waals surface area contributed by atoms with Crippen molar-refractivity contribution in [3.05, 3.63) is 46.7 Å². The zero-order chi connectivity index (χ0) is 14.0. The minimum atomic E-state index is -0.634. The molecule has 2 rings (SSSR count). The summed E-state index contributed by atoms with van der Waals surface area (Å²) in [5, 5.41) is 2.87. The third-order valence-corrected chi connectivity index (χ3v) is 3.31. The molecule has 5 N–H and O–H groups in total. The van der Waals surface area contributed by atoms with Crippen LogP contribution in [0, 0.1) is 5.82 Å². The van der Waals surface area contributed by atoms with E-state index in [-0.39, 0.29) is 22.1 Å². The van der Waals surface area contributed by atoms with E-state index in [9.17, 15) is 4.39 Å². The monoisotopic (exact) mass is 279 g/mol. The SMILES string of the molecule is CCc1ccccc1Nc1c(N)cc(N)c(Cl)c1F. The van der Waals surface area contributed by atoms with Gasteiger partial charge >= 0.3 is 0 Å². The maximum atomic E-state index is 14.1. The number of nitrogens with two attached hydrogens (primary N) is 2. The number of halogens is 2. The van der Waals surface area contributed by atoms with E-state index in [1.165, 1.54) is 6.07 Å². The van der Waals surface area contributed by atoms with Crippen LogP contribution in [0.15, 0.2) is 30.3 Å². The molecule has 0 saturated heterocycles. The first-order valence-electron chi connectivity index (χ1n) is 5.92. The van der Waals surface area contributed by atoms with E-state index in [1.54, 1.807) is 0 Å². The Bertz CT molecular complexity index is 614. The van der Waals surface area contributed by atoms with Crippen molar-refractivity contribution in [1.29, 1.82) is 0 Å². The van der Waals surface area contributed by atoms with Gasteiger partial charge < -0.3 is 16.8 Å². The molecule has 2 aromatic carbocycles. The number of anilines is 4. The lowest BCUT2D eigenvalue weighted by Crippen LogP contribution is -2.04. The van der Waals surface area contributed by atoms with Crippen LogP contribution in [0.2, 0.25) is 5.02 Å². The third kappa shape index (κ3) is 2.58. The van der Waals surface area contributed by atoms with Crippen molar-refractivity contribution in [2.24, 2.45) is 0 Å². The van der Waals surface area contributed by atoms with Gasteiger partial charge in [0.05, 0.1) is 17.1 Å². The molecule has 0 aliphatic carbocycles. The first-order valence-corrected chi connectivity index (χ1v) is 6.30. The maximum Gasteiger partial charge on any atom is 0.169 e. The van der Waals surface area contributed by atoms with Gasteiger partial charge in [0, 0.05) is 5.69 Å². The topological polar surface area (TPSA) is 64.1 Å². The van der Waals surface area contributed by atoms with Crippen LogP contribution in [0.4, 0.5) is 27.1 Å². The molecule has 0 aliphatic rings. The lowest BCUT2D eigenvalue weighted by Gasteiger charge is -2.15. The highest BCUT2D eigenvalue weighted by Crippen LogP contribution is 2.36. The van der Waals surface area contributed by atoms with E-state index >= 15 is 0 Å². The van der Waals surface area contributed by atoms with Crippen LogP contribution in [-0.4, -0.2) is 0 Å². The molecule has 0 spiro atoms. The summed E-state index contributed by atoms with van der Waals surface area (Å²) in [5.41, 5.74) is 13.7. The standard InChI is InChI=1S/C14H15ClFN3/c1-2-8-5-3-4-6-11(8)19-14-10(18)7-9(17)12(15)13(14)16/h3-7,19H,2,17-18H2,1H3. The van der Waals surface area contributed by atoms with Gasteiger partial charge in [-0.05, 0) is 24.1 Å². The van der Waals surface area contributed by atoms with Gasteiger partial charge in [-0.3, -0.25) is 0 Å². The highest BCUT2D eigenvalue weighted by molar-refractivity contribution is 6.33. The van der Waals surface area contributed by atoms with Crippen LogP contribution >= 0.6 is 11.6 Å². The first kappa shape index (κ1) is 13.5. The zero-order valence-electron chi connectivity index (χ0n) is 10.5. The normalized spacial score (nSPS) is 10.5. The summed E-state index contributed by atoms with van der Waals surface area (Å²) in [6, 6.07) is 9.08. The van der Waals surface area contributed by atoms with Crippen molar-refractivity contribution < 1.29 is 4.39 Å². The summed E-state index contributed by atoms with van der Waals surface area (Å²) >= 11 is 5.80. The highest BCUT2D eigenvalue weighted by Gasteiger charge is 2.15. The molecule has 0 aliphatic heterocycles. The van der Waals surface area contributed by atoms with Crippen molar-refractivity contribution in [1.82, 2.24) is 0 Å². The summed E-state index contributed by atoms with van der Waals surface area (Å²) in [6.07, 6.45) is 0.827. The molecule has 100 valence electrons. The van der Waals surface area contributed by atoms with Crippen molar-refractivity contribution in [2.45, 2.75) is 13.3 Å². The summed E-state index contributed by atoms with van der Waals surface area (Å²) in [5.74, 6) is -0.634. The second-order valence-electron chi connectivity index (χ2n) is 4.19. The molecule has 0 aromatic heterocycles. The smallest absolute Gasteiger partial charge is 0.169 e. The molecule has 0 radical (unpaired) electrons. The lowest BCUT2D eigenvalue weighted by molar-refractivity contribution is 0.633. The molecule has 19 heavy (non-hydrogen) atoms. The van der Waals surface area contributed by atoms with Gasteiger partial charge in [-0.15, -0.1) is 0 Å². The van der Waals surface area contributed by atoms with Gasteiger partial charge in [0.2, 0.25) is 0 Å². The number of hydrogen-bond donors (Lipinski definition) is 3. The minimum Gasteiger partial charge on any atom is -0.397 e. The van der Waals surface area contributed by atoms with Gasteiger partial charge in [-0.1, -0.05) is 36.7 Å². The van der Waals surface area contributed by atoms with Crippen molar-refractivity contribution >= 4 is 34.4 Å². The van der Waals surface area contributed by atoms with Gasteiger partial charge in [-0.25, -0.2) is 4.39 Å². The van der Waals surface area contributed by atoms with Crippen LogP contribution in [-0.2, 0) is 6.42 Å². The lowest BCUT2D eigenvalue weighted by atomic mass is 10.1. The summed E-state index contributed by atoms with van der Waals surface area (Å²) in [4.78, 5) is 0. The predicted molar refractivity (Wildman–Crippen MR) is 79.3 cm³/mol. The first-order chi connectivity index (χ1) is 9.04. The van der Waals surface area contributed by atoms with Crippen molar-refractivity contribution in [3.8, 4) is 0 Å². The molecule has 0 bridgehead atoms. The Morgan fingerprint density at radius 3 is 2.58 bits per heavy atom. The van der Waals surface area contributed by atoms with Crippen LogP contribution < -0.4 is 16.8 Å². The van der Waals surface area contributed by atoms with E-state index in [0.717, 1.165) is 17.7 Å². The second-order valence-corrected chi connectivity index (χ2v) is 4.57. The quantitative estimate of drug-likeness (QED) is 0.746. The summed E-state index contributed by atoms with van der Waals surface area (Å²) in [6.45, 7) is 2.02. The van der Waals surface area contributed by atoms with Crippen LogP contribution in [0.25, 0.3) is 0 Å². The van der Waals surface area contributed by atoms with Gasteiger partial charge in [0.1, 0.15) is 5.02 Å². The van der Waals surface area contributed by atoms with Crippen molar-refractivity contribution in [3.63, 3.8) is 0 Å². The second kappa shape index (κ2) is 5.36. The zero-order valence-corrected chi connectivity index (χ0v) is 11.3. The molecule has 0 fully saturated rings. The van der Waals surface area contributed by atoms with Gasteiger partial charge in [0.15, 0.2) is 5.82 Å². The predicted octanol–water partition coefficient (Wildman–Crippen LogP) is 3.95. The van der Waals surface area contributed by atoms with E-state index in [4.69, 9.17) is 23.1 Å². The largest absolute Gasteiger partial charge is 0.397 e. The fourth-order valence-electron chi connectivity index (χ4n) is 1.88. The number of benzene rings is 2. The molecule has 2 aromatic rings. The Balaban J connectivity index is 2.47. The van der Waals surface area contributed by atoms with Crippen LogP contribution in [0.5, 0.6) is 0 Å². The van der Waals surface area contributed by atoms with Gasteiger partial charge in [0.25, 0.3) is 0 Å². The number of nitrogen functional groups attached to an aromatic ring is 2. The number of aryl methyl sites for hydroxylation is 1. The average Bonchev–Trinajstić information content (AvgIpc) is 2.41. The van der Waals surface area contributed by atoms with Crippen LogP contribution in [0.3, 0.4) is 0 Å². The fourth-order valence-corrected chi connectivity index (χ4v) is 2.03.